The molecule has 8 atom stereocenters. The molecule has 1 heterocycles. The zero-order chi connectivity index (χ0) is 47.4. The highest BCUT2D eigenvalue weighted by atomic mass is 16.5. The van der Waals surface area contributed by atoms with Crippen LogP contribution in [0.25, 0.3) is 0 Å². The van der Waals surface area contributed by atoms with Crippen molar-refractivity contribution in [2.75, 3.05) is 13.2 Å². The lowest BCUT2D eigenvalue weighted by Crippen LogP contribution is -2.58. The lowest BCUT2D eigenvalue weighted by atomic mass is 9.83. The van der Waals surface area contributed by atoms with Crippen molar-refractivity contribution in [1.82, 2.24) is 0 Å². The third-order valence-electron chi connectivity index (χ3n) is 14.7. The molecule has 1 saturated heterocycles. The number of carbonyl (C=O) groups is 1. The predicted molar refractivity (Wildman–Crippen MR) is 272 cm³/mol. The highest BCUT2D eigenvalue weighted by Gasteiger charge is 2.44. The van der Waals surface area contributed by atoms with Crippen LogP contribution in [0.15, 0.2) is 0 Å². The van der Waals surface area contributed by atoms with Gasteiger partial charge in [-0.2, -0.15) is 0 Å². The van der Waals surface area contributed by atoms with Crippen LogP contribution in [0.3, 0.4) is 0 Å². The van der Waals surface area contributed by atoms with Crippen molar-refractivity contribution in [2.24, 2.45) is 11.7 Å². The summed E-state index contributed by atoms with van der Waals surface area (Å²) < 4.78 is 5.71. The summed E-state index contributed by atoms with van der Waals surface area (Å²) >= 11 is 0. The highest BCUT2D eigenvalue weighted by molar-refractivity contribution is 5.81. The molecule has 388 valence electrons. The molecule has 8 N–H and O–H groups in total. The van der Waals surface area contributed by atoms with Gasteiger partial charge in [0.15, 0.2) is 0 Å². The first kappa shape index (κ1) is 62.4. The monoisotopic (exact) mass is 926 g/mol. The van der Waals surface area contributed by atoms with Crippen molar-refractivity contribution in [3.05, 3.63) is 0 Å². The minimum absolute atomic E-state index is 0.0845. The van der Waals surface area contributed by atoms with Crippen LogP contribution in [0.1, 0.15) is 289 Å². The normalized spacial score (nSPS) is 20.3. The van der Waals surface area contributed by atoms with E-state index in [1.807, 2.05) is 0 Å². The van der Waals surface area contributed by atoms with Crippen molar-refractivity contribution in [3.8, 4) is 0 Å². The molecule has 0 amide bonds. The molecular weight excluding hydrogens is 815 g/mol. The highest BCUT2D eigenvalue weighted by Crippen LogP contribution is 2.29. The van der Waals surface area contributed by atoms with Crippen LogP contribution in [0, 0.1) is 5.92 Å². The fraction of sp³-hybridized carbons (Fsp3) is 0.982. The Bertz CT molecular complexity index is 1000. The molecule has 1 rings (SSSR count). The minimum atomic E-state index is -1.48. The second-order valence-electron chi connectivity index (χ2n) is 20.7. The molecule has 0 bridgehead atoms. The quantitative estimate of drug-likeness (QED) is 0.0293. The number of hydrogen-bond acceptors (Lipinski definition) is 9. The first-order valence-corrected chi connectivity index (χ1v) is 28.7. The van der Waals surface area contributed by atoms with Crippen LogP contribution in [-0.4, -0.2) is 92.3 Å². The van der Waals surface area contributed by atoms with Gasteiger partial charge in [0.25, 0.3) is 0 Å². The van der Waals surface area contributed by atoms with Gasteiger partial charge in [0, 0.05) is 12.3 Å². The van der Waals surface area contributed by atoms with E-state index >= 15 is 0 Å². The number of nitrogens with two attached hydrogens (primary N) is 1. The van der Waals surface area contributed by atoms with Gasteiger partial charge >= 0.3 is 0 Å². The number of ether oxygens (including phenoxy) is 1. The maximum absolute atomic E-state index is 13.6. The molecule has 1 aliphatic rings. The van der Waals surface area contributed by atoms with E-state index in [0.29, 0.717) is 12.8 Å². The van der Waals surface area contributed by atoms with Crippen LogP contribution in [0.4, 0.5) is 0 Å². The van der Waals surface area contributed by atoms with Crippen molar-refractivity contribution in [2.45, 2.75) is 332 Å². The van der Waals surface area contributed by atoms with Gasteiger partial charge in [0.1, 0.15) is 30.2 Å². The van der Waals surface area contributed by atoms with Gasteiger partial charge in [-0.05, 0) is 38.6 Å². The molecule has 9 heteroatoms. The summed E-state index contributed by atoms with van der Waals surface area (Å²) in [5.41, 5.74) is 5.57. The van der Waals surface area contributed by atoms with E-state index in [2.05, 4.69) is 6.92 Å². The summed E-state index contributed by atoms with van der Waals surface area (Å²) in [5, 5.41) is 63.3. The lowest BCUT2D eigenvalue weighted by molar-refractivity contribution is -0.231. The maximum atomic E-state index is 13.6. The fourth-order valence-electron chi connectivity index (χ4n) is 10.1. The Labute approximate surface area is 401 Å². The molecule has 1 fully saturated rings. The van der Waals surface area contributed by atoms with Crippen molar-refractivity contribution in [3.63, 3.8) is 0 Å². The number of aliphatic hydroxyl groups is 6. The fourth-order valence-corrected chi connectivity index (χ4v) is 10.1. The van der Waals surface area contributed by atoms with Gasteiger partial charge in [-0.3, -0.25) is 4.79 Å². The molecule has 65 heavy (non-hydrogen) atoms. The molecule has 0 aromatic heterocycles. The van der Waals surface area contributed by atoms with Gasteiger partial charge in [-0.25, -0.2) is 0 Å². The van der Waals surface area contributed by atoms with E-state index in [0.717, 1.165) is 51.5 Å². The third-order valence-corrected chi connectivity index (χ3v) is 14.7. The lowest BCUT2D eigenvalue weighted by Gasteiger charge is -2.40. The Morgan fingerprint density at radius 3 is 1.12 bits per heavy atom. The summed E-state index contributed by atoms with van der Waals surface area (Å²) in [4.78, 5) is 13.6. The van der Waals surface area contributed by atoms with E-state index in [-0.39, 0.29) is 18.6 Å². The van der Waals surface area contributed by atoms with Crippen LogP contribution < -0.4 is 5.73 Å². The summed E-state index contributed by atoms with van der Waals surface area (Å²) in [6, 6.07) is 0. The van der Waals surface area contributed by atoms with Crippen LogP contribution >= 0.6 is 0 Å². The number of ketones is 1. The summed E-state index contributed by atoms with van der Waals surface area (Å²) in [6.07, 6.45) is 44.0. The number of unbranched alkanes of at least 4 members (excludes halogenated alkanes) is 38. The molecule has 0 unspecified atom stereocenters. The maximum Gasteiger partial charge on any atom is 0.138 e. The van der Waals surface area contributed by atoms with Gasteiger partial charge in [0.2, 0.25) is 0 Å². The Hall–Kier alpha value is -0.650. The third kappa shape index (κ3) is 34.3. The second kappa shape index (κ2) is 45.8. The van der Waals surface area contributed by atoms with Gasteiger partial charge in [0.05, 0.1) is 24.9 Å². The number of hydrogen-bond donors (Lipinski definition) is 7. The Morgan fingerprint density at radius 2 is 0.769 bits per heavy atom. The van der Waals surface area contributed by atoms with Crippen molar-refractivity contribution < 1.29 is 40.2 Å². The number of aliphatic hydroxyl groups excluding tert-OH is 6. The molecule has 0 spiro atoms. The number of Topliss-reactive ketones (excluding diaryl/α,β-unsaturated/α-hetero) is 1. The van der Waals surface area contributed by atoms with E-state index in [1.165, 1.54) is 212 Å². The van der Waals surface area contributed by atoms with Gasteiger partial charge in [-0.1, -0.05) is 251 Å². The molecule has 9 nitrogen and oxygen atoms in total. The van der Waals surface area contributed by atoms with Crippen molar-refractivity contribution in [1.29, 1.82) is 0 Å². The summed E-state index contributed by atoms with van der Waals surface area (Å²) in [7, 11) is 0. The number of rotatable bonds is 50. The molecule has 0 saturated carbocycles. The van der Waals surface area contributed by atoms with E-state index < -0.39 is 55.3 Å². The zero-order valence-corrected chi connectivity index (χ0v) is 42.7. The Balaban J connectivity index is 2.26. The molecule has 0 aliphatic carbocycles. The first-order chi connectivity index (χ1) is 31.8. The van der Waals surface area contributed by atoms with Crippen LogP contribution in [0.5, 0.6) is 0 Å². The SMILES string of the molecule is CCCCCCCCCCCCCCCCCCCCCCCCCC(=O)[C@@H](CC[C@H]1O[C@H](CO)[C@H](O)[C@H](O)[C@H]1O)[C@H](O)[C@H](O)CCCCCCCCCCCCCCCCCCCN. The zero-order valence-electron chi connectivity index (χ0n) is 42.7. The van der Waals surface area contributed by atoms with Crippen molar-refractivity contribution >= 4 is 5.78 Å². The number of carbonyl (C=O) groups excluding carboxylic acids is 1. The summed E-state index contributed by atoms with van der Waals surface area (Å²) in [5.74, 6) is -0.901. The topological polar surface area (TPSA) is 174 Å². The molecular formula is C56H111NO8. The predicted octanol–water partition coefficient (Wildman–Crippen LogP) is 12.9. The second-order valence-corrected chi connectivity index (χ2v) is 20.7. The van der Waals surface area contributed by atoms with E-state index in [9.17, 15) is 35.4 Å². The van der Waals surface area contributed by atoms with Gasteiger partial charge in [-0.15, -0.1) is 0 Å². The standard InChI is InChI=1S/C56H111NO8/c1-2-3-4-5-6-7-8-9-10-11-12-13-14-15-16-18-21-24-27-30-33-36-39-42-49(59)48(44-45-51-54(62)56(64)55(63)52(47-58)65-51)53(61)50(60)43-40-37-34-31-28-25-22-19-17-20-23-26-29-32-35-38-41-46-57/h48,50-56,58,60-64H,2-47,57H2,1H3/t48-,50-,51-,52-,53+,54+,55+,56-/m1/s1. The Kier molecular flexibility index (Phi) is 43.9. The first-order valence-electron chi connectivity index (χ1n) is 28.7. The molecule has 0 radical (unpaired) electrons. The van der Waals surface area contributed by atoms with Crippen LogP contribution in [0.2, 0.25) is 0 Å². The minimum Gasteiger partial charge on any atom is -0.394 e. The smallest absolute Gasteiger partial charge is 0.138 e. The van der Waals surface area contributed by atoms with Gasteiger partial charge < -0.3 is 41.1 Å². The largest absolute Gasteiger partial charge is 0.394 e. The molecule has 0 aromatic rings. The van der Waals surface area contributed by atoms with E-state index in [4.69, 9.17) is 10.5 Å². The average Bonchev–Trinajstić information content (AvgIpc) is 3.31. The Morgan fingerprint density at radius 1 is 0.446 bits per heavy atom. The average molecular weight is 927 g/mol. The van der Waals surface area contributed by atoms with Crippen LogP contribution in [-0.2, 0) is 9.53 Å². The summed E-state index contributed by atoms with van der Waals surface area (Å²) in [6.45, 7) is 2.59. The van der Waals surface area contributed by atoms with E-state index in [1.54, 1.807) is 0 Å². The molecule has 1 aliphatic heterocycles. The molecule has 0 aromatic carbocycles.